The van der Waals surface area contributed by atoms with E-state index in [2.05, 4.69) is 10.2 Å². The highest BCUT2D eigenvalue weighted by Crippen LogP contribution is 2.24. The summed E-state index contributed by atoms with van der Waals surface area (Å²) in [5.74, 6) is -0.0913. The quantitative estimate of drug-likeness (QED) is 0.822. The number of sulfonamides is 1. The Morgan fingerprint density at radius 1 is 1.12 bits per heavy atom. The third kappa shape index (κ3) is 5.62. The summed E-state index contributed by atoms with van der Waals surface area (Å²) in [6.07, 6.45) is 4.86. The third-order valence-corrected chi connectivity index (χ3v) is 5.73. The van der Waals surface area contributed by atoms with Gasteiger partial charge in [-0.25, -0.2) is 8.42 Å². The summed E-state index contributed by atoms with van der Waals surface area (Å²) in [4.78, 5) is 14.3. The average molecular weight is 382 g/mol. The number of hydrogen-bond acceptors (Lipinski definition) is 4. The van der Waals surface area contributed by atoms with Gasteiger partial charge in [0.05, 0.1) is 18.5 Å². The average Bonchev–Trinajstić information content (AvgIpc) is 2.57. The summed E-state index contributed by atoms with van der Waals surface area (Å²) in [5, 5.41) is 2.80. The van der Waals surface area contributed by atoms with Crippen LogP contribution in [0.25, 0.3) is 0 Å². The summed E-state index contributed by atoms with van der Waals surface area (Å²) in [5.41, 5.74) is 1.26. The minimum absolute atomic E-state index is 0.0913. The maximum Gasteiger partial charge on any atom is 0.232 e. The molecule has 0 bridgehead atoms. The number of nitrogens with one attached hydrogen (secondary N) is 1. The monoisotopic (exact) mass is 381 g/mol. The number of benzene rings is 1. The topological polar surface area (TPSA) is 69.7 Å². The van der Waals surface area contributed by atoms with Crippen LogP contribution in [-0.4, -0.2) is 46.8 Å². The van der Waals surface area contributed by atoms with Crippen LogP contribution in [0, 0.1) is 5.41 Å². The zero-order chi connectivity index (χ0) is 19.4. The molecule has 0 saturated carbocycles. The summed E-state index contributed by atoms with van der Waals surface area (Å²) < 4.78 is 25.7. The molecule has 0 radical (unpaired) electrons. The van der Waals surface area contributed by atoms with E-state index in [4.69, 9.17) is 0 Å². The second kappa shape index (κ2) is 8.29. The molecule has 1 N–H and O–H groups in total. The number of carbonyl (C=O) groups is 1. The fraction of sp³-hybridized carbons (Fsp3) is 0.632. The van der Waals surface area contributed by atoms with Gasteiger partial charge in [-0.05, 0) is 43.5 Å². The fourth-order valence-electron chi connectivity index (χ4n) is 3.00. The van der Waals surface area contributed by atoms with Crippen molar-refractivity contribution < 1.29 is 13.2 Å². The first-order chi connectivity index (χ1) is 12.1. The lowest BCUT2D eigenvalue weighted by Gasteiger charge is -2.29. The molecule has 1 aromatic rings. The Balaban J connectivity index is 2.06. The van der Waals surface area contributed by atoms with Crippen LogP contribution in [0.15, 0.2) is 24.3 Å². The van der Waals surface area contributed by atoms with Crippen molar-refractivity contribution in [3.63, 3.8) is 0 Å². The van der Waals surface area contributed by atoms with Gasteiger partial charge < -0.3 is 10.2 Å². The van der Waals surface area contributed by atoms with Crippen molar-refractivity contribution in [1.29, 1.82) is 0 Å². The second-order valence-corrected chi connectivity index (χ2v) is 9.81. The van der Waals surface area contributed by atoms with Crippen LogP contribution in [0.5, 0.6) is 0 Å². The van der Waals surface area contributed by atoms with Gasteiger partial charge in [-0.3, -0.25) is 9.10 Å². The van der Waals surface area contributed by atoms with Gasteiger partial charge in [0, 0.05) is 30.7 Å². The molecule has 0 atom stereocenters. The number of nitrogens with zero attached hydrogens (tertiary/aromatic N) is 2. The van der Waals surface area contributed by atoms with Crippen molar-refractivity contribution >= 4 is 27.3 Å². The van der Waals surface area contributed by atoms with Crippen molar-refractivity contribution in [3.05, 3.63) is 24.3 Å². The Labute approximate surface area is 157 Å². The van der Waals surface area contributed by atoms with Crippen LogP contribution in [0.1, 0.15) is 40.0 Å². The zero-order valence-electron chi connectivity index (χ0n) is 16.3. The van der Waals surface area contributed by atoms with E-state index in [9.17, 15) is 13.2 Å². The van der Waals surface area contributed by atoms with Gasteiger partial charge in [-0.15, -0.1) is 0 Å². The highest BCUT2D eigenvalue weighted by molar-refractivity contribution is 7.92. The van der Waals surface area contributed by atoms with Gasteiger partial charge in [0.1, 0.15) is 0 Å². The molecule has 0 spiro atoms. The molecule has 1 heterocycles. The molecule has 26 heavy (non-hydrogen) atoms. The number of amides is 1. The van der Waals surface area contributed by atoms with Crippen molar-refractivity contribution in [1.82, 2.24) is 5.32 Å². The molecule has 1 aliphatic heterocycles. The Hall–Kier alpha value is -1.76. The summed E-state index contributed by atoms with van der Waals surface area (Å²) in [6, 6.07) is 7.65. The SMILES string of the molecule is CC(C)(C)C(=O)NCCN(c1ccc(N2CCCCC2)cc1)S(C)(=O)=O. The number of rotatable bonds is 6. The molecule has 7 heteroatoms. The van der Waals surface area contributed by atoms with E-state index in [0.29, 0.717) is 5.69 Å². The fourth-order valence-corrected chi connectivity index (χ4v) is 3.93. The molecule has 146 valence electrons. The first-order valence-corrected chi connectivity index (χ1v) is 11.0. The largest absolute Gasteiger partial charge is 0.372 e. The van der Waals surface area contributed by atoms with E-state index in [-0.39, 0.29) is 19.0 Å². The zero-order valence-corrected chi connectivity index (χ0v) is 17.1. The Bertz CT molecular complexity index is 703. The van der Waals surface area contributed by atoms with Gasteiger partial charge in [0.25, 0.3) is 0 Å². The number of anilines is 2. The number of carbonyl (C=O) groups excluding carboxylic acids is 1. The normalized spacial score (nSPS) is 15.6. The first-order valence-electron chi connectivity index (χ1n) is 9.20. The molecular formula is C19H31N3O3S. The summed E-state index contributed by atoms with van der Waals surface area (Å²) in [7, 11) is -3.42. The van der Waals surface area contributed by atoms with Crippen LogP contribution >= 0.6 is 0 Å². The lowest BCUT2D eigenvalue weighted by molar-refractivity contribution is -0.128. The van der Waals surface area contributed by atoms with Gasteiger partial charge in [0.15, 0.2) is 0 Å². The van der Waals surface area contributed by atoms with Gasteiger partial charge in [-0.2, -0.15) is 0 Å². The predicted octanol–water partition coefficient (Wildman–Crippen LogP) is 2.61. The third-order valence-electron chi connectivity index (χ3n) is 4.54. The van der Waals surface area contributed by atoms with Crippen molar-refractivity contribution in [2.24, 2.45) is 5.41 Å². The number of hydrogen-bond donors (Lipinski definition) is 1. The predicted molar refractivity (Wildman–Crippen MR) is 107 cm³/mol. The molecule has 1 aliphatic rings. The molecule has 0 unspecified atom stereocenters. The molecule has 1 fully saturated rings. The standard InChI is InChI=1S/C19H31N3O3S/c1-19(2,3)18(23)20-12-15-22(26(4,24)25)17-10-8-16(9-11-17)21-13-6-5-7-14-21/h8-11H,5-7,12-15H2,1-4H3,(H,20,23). The van der Waals surface area contributed by atoms with Crippen LogP contribution in [0.4, 0.5) is 11.4 Å². The Morgan fingerprint density at radius 3 is 2.19 bits per heavy atom. The van der Waals surface area contributed by atoms with Crippen LogP contribution in [0.3, 0.4) is 0 Å². The Morgan fingerprint density at radius 2 is 1.69 bits per heavy atom. The van der Waals surface area contributed by atoms with E-state index in [1.807, 2.05) is 45.0 Å². The molecule has 2 rings (SSSR count). The van der Waals surface area contributed by atoms with Gasteiger partial charge >= 0.3 is 0 Å². The van der Waals surface area contributed by atoms with Crippen molar-refractivity contribution in [3.8, 4) is 0 Å². The highest BCUT2D eigenvalue weighted by Gasteiger charge is 2.22. The van der Waals surface area contributed by atoms with Crippen LogP contribution in [0.2, 0.25) is 0 Å². The van der Waals surface area contributed by atoms with Crippen LogP contribution in [-0.2, 0) is 14.8 Å². The van der Waals surface area contributed by atoms with Gasteiger partial charge in [0.2, 0.25) is 15.9 Å². The van der Waals surface area contributed by atoms with Gasteiger partial charge in [-0.1, -0.05) is 20.8 Å². The second-order valence-electron chi connectivity index (χ2n) is 7.91. The van der Waals surface area contributed by atoms with E-state index in [0.717, 1.165) is 18.8 Å². The smallest absolute Gasteiger partial charge is 0.232 e. The highest BCUT2D eigenvalue weighted by atomic mass is 32.2. The molecular weight excluding hydrogens is 350 g/mol. The first kappa shape index (κ1) is 20.6. The summed E-state index contributed by atoms with van der Waals surface area (Å²) >= 11 is 0. The number of piperidine rings is 1. The Kier molecular flexibility index (Phi) is 6.55. The maximum absolute atomic E-state index is 12.2. The minimum Gasteiger partial charge on any atom is -0.372 e. The van der Waals surface area contributed by atoms with Crippen molar-refractivity contribution in [2.45, 2.75) is 40.0 Å². The van der Waals surface area contributed by atoms with E-state index < -0.39 is 15.4 Å². The molecule has 1 saturated heterocycles. The lowest BCUT2D eigenvalue weighted by atomic mass is 9.96. The molecule has 0 aliphatic carbocycles. The van der Waals surface area contributed by atoms with E-state index in [1.165, 1.54) is 29.8 Å². The molecule has 0 aromatic heterocycles. The lowest BCUT2D eigenvalue weighted by Crippen LogP contribution is -2.41. The van der Waals surface area contributed by atoms with Crippen molar-refractivity contribution in [2.75, 3.05) is 41.6 Å². The van der Waals surface area contributed by atoms with E-state index >= 15 is 0 Å². The molecule has 6 nitrogen and oxygen atoms in total. The maximum atomic E-state index is 12.2. The molecule has 1 aromatic carbocycles. The van der Waals surface area contributed by atoms with Crippen LogP contribution < -0.4 is 14.5 Å². The summed E-state index contributed by atoms with van der Waals surface area (Å²) in [6.45, 7) is 8.07. The molecule has 1 amide bonds. The minimum atomic E-state index is -3.42. The van der Waals surface area contributed by atoms with E-state index in [1.54, 1.807) is 0 Å².